The van der Waals surface area contributed by atoms with Crippen LogP contribution in [0.4, 0.5) is 0 Å². The van der Waals surface area contributed by atoms with Crippen molar-refractivity contribution in [1.29, 1.82) is 0 Å². The van der Waals surface area contributed by atoms with E-state index >= 15 is 0 Å². The Morgan fingerprint density at radius 2 is 2.33 bits per heavy atom. The van der Waals surface area contributed by atoms with Gasteiger partial charge in [0, 0.05) is 18.3 Å². The van der Waals surface area contributed by atoms with Crippen molar-refractivity contribution >= 4 is 5.91 Å². The van der Waals surface area contributed by atoms with Crippen LogP contribution in [-0.4, -0.2) is 37.4 Å². The van der Waals surface area contributed by atoms with Crippen LogP contribution in [0.25, 0.3) is 0 Å². The molecule has 0 radical (unpaired) electrons. The van der Waals surface area contributed by atoms with E-state index in [0.29, 0.717) is 23.6 Å². The van der Waals surface area contributed by atoms with Gasteiger partial charge in [0.2, 0.25) is 0 Å². The van der Waals surface area contributed by atoms with Crippen LogP contribution in [0.5, 0.6) is 0 Å². The highest BCUT2D eigenvalue weighted by Gasteiger charge is 2.09. The van der Waals surface area contributed by atoms with Crippen molar-refractivity contribution in [3.63, 3.8) is 0 Å². The SMILES string of the molecule is CCn1cnnc1CNC(=O)c1ccc(C#CCO)cn1. The monoisotopic (exact) mass is 285 g/mol. The maximum atomic E-state index is 12.0. The number of aromatic nitrogens is 4. The first-order valence-electron chi connectivity index (χ1n) is 6.45. The maximum absolute atomic E-state index is 12.0. The maximum Gasteiger partial charge on any atom is 0.270 e. The van der Waals surface area contributed by atoms with E-state index in [2.05, 4.69) is 32.3 Å². The predicted octanol–water partition coefficient (Wildman–Crippen LogP) is -0.0332. The molecule has 0 saturated carbocycles. The average molecular weight is 285 g/mol. The van der Waals surface area contributed by atoms with Crippen LogP contribution in [0, 0.1) is 11.8 Å². The summed E-state index contributed by atoms with van der Waals surface area (Å²) in [4.78, 5) is 16.0. The van der Waals surface area contributed by atoms with Crippen molar-refractivity contribution in [3.05, 3.63) is 41.7 Å². The molecular weight excluding hydrogens is 270 g/mol. The number of amides is 1. The molecule has 108 valence electrons. The molecule has 0 aliphatic rings. The van der Waals surface area contributed by atoms with E-state index in [9.17, 15) is 4.79 Å². The second-order valence-electron chi connectivity index (χ2n) is 4.11. The third kappa shape index (κ3) is 3.87. The number of nitrogens with zero attached hydrogens (tertiary/aromatic N) is 4. The summed E-state index contributed by atoms with van der Waals surface area (Å²) in [7, 11) is 0. The minimum Gasteiger partial charge on any atom is -0.384 e. The number of rotatable bonds is 4. The predicted molar refractivity (Wildman–Crippen MR) is 75.1 cm³/mol. The molecule has 0 bridgehead atoms. The van der Waals surface area contributed by atoms with E-state index in [-0.39, 0.29) is 12.5 Å². The number of carbonyl (C=O) groups is 1. The zero-order valence-corrected chi connectivity index (χ0v) is 11.6. The normalized spacial score (nSPS) is 9.81. The fraction of sp³-hybridized carbons (Fsp3) is 0.286. The van der Waals surface area contributed by atoms with Crippen LogP contribution in [0.15, 0.2) is 24.7 Å². The van der Waals surface area contributed by atoms with E-state index in [1.807, 2.05) is 11.5 Å². The lowest BCUT2D eigenvalue weighted by molar-refractivity contribution is 0.0944. The summed E-state index contributed by atoms with van der Waals surface area (Å²) in [6.45, 7) is 2.80. The van der Waals surface area contributed by atoms with Gasteiger partial charge in [-0.1, -0.05) is 11.8 Å². The molecule has 2 heterocycles. The van der Waals surface area contributed by atoms with Gasteiger partial charge in [0.05, 0.1) is 6.54 Å². The molecule has 1 amide bonds. The number of hydrogen-bond donors (Lipinski definition) is 2. The molecule has 2 aromatic heterocycles. The average Bonchev–Trinajstić information content (AvgIpc) is 2.98. The fourth-order valence-corrected chi connectivity index (χ4v) is 1.67. The van der Waals surface area contributed by atoms with Gasteiger partial charge >= 0.3 is 0 Å². The molecule has 7 heteroatoms. The Bertz CT molecular complexity index is 667. The summed E-state index contributed by atoms with van der Waals surface area (Å²) in [5, 5.41) is 19.1. The number of aryl methyl sites for hydroxylation is 1. The number of carbonyl (C=O) groups excluding carboxylic acids is 1. The molecule has 2 rings (SSSR count). The lowest BCUT2D eigenvalue weighted by Crippen LogP contribution is -2.25. The summed E-state index contributed by atoms with van der Waals surface area (Å²) in [6, 6.07) is 3.26. The summed E-state index contributed by atoms with van der Waals surface area (Å²) in [6.07, 6.45) is 3.11. The van der Waals surface area contributed by atoms with Crippen LogP contribution in [-0.2, 0) is 13.1 Å². The summed E-state index contributed by atoms with van der Waals surface area (Å²) in [5.74, 6) is 5.63. The standard InChI is InChI=1S/C14H15N5O2/c1-2-19-10-17-18-13(19)9-16-14(21)12-6-5-11(8-15-12)4-3-7-20/h5-6,8,10,20H,2,7,9H2,1H3,(H,16,21). The molecule has 0 aliphatic heterocycles. The van der Waals surface area contributed by atoms with Gasteiger partial charge in [-0.15, -0.1) is 10.2 Å². The second-order valence-corrected chi connectivity index (χ2v) is 4.11. The van der Waals surface area contributed by atoms with Crippen molar-refractivity contribution in [2.24, 2.45) is 0 Å². The molecule has 0 unspecified atom stereocenters. The lowest BCUT2D eigenvalue weighted by atomic mass is 10.2. The number of nitrogens with one attached hydrogen (secondary N) is 1. The first kappa shape index (κ1) is 14.7. The van der Waals surface area contributed by atoms with Gasteiger partial charge in [0.15, 0.2) is 5.82 Å². The van der Waals surface area contributed by atoms with Gasteiger partial charge in [-0.3, -0.25) is 4.79 Å². The highest BCUT2D eigenvalue weighted by Crippen LogP contribution is 2.00. The highest BCUT2D eigenvalue weighted by atomic mass is 16.2. The molecule has 2 aromatic rings. The van der Waals surface area contributed by atoms with E-state index in [1.165, 1.54) is 6.20 Å². The van der Waals surface area contributed by atoms with Gasteiger partial charge in [0.1, 0.15) is 18.6 Å². The molecule has 21 heavy (non-hydrogen) atoms. The molecule has 0 aromatic carbocycles. The zero-order valence-electron chi connectivity index (χ0n) is 11.6. The first-order chi connectivity index (χ1) is 10.2. The Balaban J connectivity index is 1.97. The Morgan fingerprint density at radius 1 is 1.48 bits per heavy atom. The molecule has 0 fully saturated rings. The number of pyridine rings is 1. The Kier molecular flexibility index (Phi) is 5.01. The Hall–Kier alpha value is -2.72. The van der Waals surface area contributed by atoms with E-state index in [0.717, 1.165) is 6.54 Å². The van der Waals surface area contributed by atoms with Crippen LogP contribution in [0.3, 0.4) is 0 Å². The Morgan fingerprint density at radius 3 is 3.00 bits per heavy atom. The number of hydrogen-bond acceptors (Lipinski definition) is 5. The minimum atomic E-state index is -0.290. The van der Waals surface area contributed by atoms with Crippen LogP contribution >= 0.6 is 0 Å². The molecule has 0 aliphatic carbocycles. The van der Waals surface area contributed by atoms with Crippen molar-refractivity contribution < 1.29 is 9.90 Å². The minimum absolute atomic E-state index is 0.208. The second kappa shape index (κ2) is 7.17. The van der Waals surface area contributed by atoms with Crippen LogP contribution in [0.1, 0.15) is 28.8 Å². The van der Waals surface area contributed by atoms with Crippen LogP contribution in [0.2, 0.25) is 0 Å². The Labute approximate surface area is 122 Å². The van der Waals surface area contributed by atoms with Gasteiger partial charge in [-0.25, -0.2) is 4.98 Å². The summed E-state index contributed by atoms with van der Waals surface area (Å²) in [5.41, 5.74) is 0.943. The van der Waals surface area contributed by atoms with Gasteiger partial charge in [0.25, 0.3) is 5.91 Å². The number of aliphatic hydroxyl groups is 1. The van der Waals surface area contributed by atoms with Crippen LogP contribution < -0.4 is 5.32 Å². The molecule has 7 nitrogen and oxygen atoms in total. The van der Waals surface area contributed by atoms with Crippen molar-refractivity contribution in [2.45, 2.75) is 20.0 Å². The first-order valence-corrected chi connectivity index (χ1v) is 6.45. The molecule has 2 N–H and O–H groups in total. The van der Waals surface area contributed by atoms with E-state index in [4.69, 9.17) is 5.11 Å². The van der Waals surface area contributed by atoms with Crippen molar-refractivity contribution in [3.8, 4) is 11.8 Å². The molecule has 0 atom stereocenters. The zero-order chi connectivity index (χ0) is 15.1. The van der Waals surface area contributed by atoms with Gasteiger partial charge in [-0.2, -0.15) is 0 Å². The smallest absolute Gasteiger partial charge is 0.270 e. The van der Waals surface area contributed by atoms with E-state index in [1.54, 1.807) is 18.5 Å². The third-order valence-electron chi connectivity index (χ3n) is 2.75. The molecule has 0 spiro atoms. The van der Waals surface area contributed by atoms with Crippen molar-refractivity contribution in [1.82, 2.24) is 25.1 Å². The van der Waals surface area contributed by atoms with E-state index < -0.39 is 0 Å². The molecule has 0 saturated heterocycles. The molecular formula is C14H15N5O2. The van der Waals surface area contributed by atoms with Gasteiger partial charge < -0.3 is 15.0 Å². The third-order valence-corrected chi connectivity index (χ3v) is 2.75. The quantitative estimate of drug-likeness (QED) is 0.769. The number of aliphatic hydroxyl groups excluding tert-OH is 1. The fourth-order valence-electron chi connectivity index (χ4n) is 1.67. The van der Waals surface area contributed by atoms with Crippen molar-refractivity contribution in [2.75, 3.05) is 6.61 Å². The lowest BCUT2D eigenvalue weighted by Gasteiger charge is -2.05. The topological polar surface area (TPSA) is 92.9 Å². The van der Waals surface area contributed by atoms with Gasteiger partial charge in [-0.05, 0) is 19.1 Å². The summed E-state index contributed by atoms with van der Waals surface area (Å²) >= 11 is 0. The highest BCUT2D eigenvalue weighted by molar-refractivity contribution is 5.92. The summed E-state index contributed by atoms with van der Waals surface area (Å²) < 4.78 is 1.85. The largest absolute Gasteiger partial charge is 0.384 e.